The fraction of sp³-hybridized carbons (Fsp3) is 0.0625. The molecule has 4 heteroatoms. The average Bonchev–Trinajstić information content (AvgIpc) is 2.90. The van der Waals surface area contributed by atoms with Crippen molar-refractivity contribution in [3.63, 3.8) is 0 Å². The quantitative estimate of drug-likeness (QED) is 0.560. The zero-order valence-electron chi connectivity index (χ0n) is 10.4. The summed E-state index contributed by atoms with van der Waals surface area (Å²) in [6.07, 6.45) is 2.45. The summed E-state index contributed by atoms with van der Waals surface area (Å²) in [5.41, 5.74) is 3.57. The number of aromatic nitrogens is 1. The van der Waals surface area contributed by atoms with Crippen molar-refractivity contribution in [3.8, 4) is 11.1 Å². The maximum atomic E-state index is 12.9. The van der Waals surface area contributed by atoms with E-state index in [2.05, 4.69) is 4.98 Å². The number of nitrogens with one attached hydrogen (secondary N) is 1. The Morgan fingerprint density at radius 3 is 2.50 bits per heavy atom. The van der Waals surface area contributed by atoms with Crippen molar-refractivity contribution in [1.29, 1.82) is 0 Å². The topological polar surface area (TPSA) is 32.9 Å². The minimum absolute atomic E-state index is 0.257. The van der Waals surface area contributed by atoms with E-state index in [1.54, 1.807) is 18.3 Å². The summed E-state index contributed by atoms with van der Waals surface area (Å²) in [6, 6.07) is 12.1. The molecule has 0 fully saturated rings. The number of aldehydes is 1. The molecule has 1 heterocycles. The summed E-state index contributed by atoms with van der Waals surface area (Å²) in [7, 11) is 0. The summed E-state index contributed by atoms with van der Waals surface area (Å²) in [4.78, 5) is 13.9. The normalized spacial score (nSPS) is 12.5. The van der Waals surface area contributed by atoms with Gasteiger partial charge in [-0.3, -0.25) is 0 Å². The molecular weight excluding hydrogens is 277 g/mol. The van der Waals surface area contributed by atoms with E-state index in [1.165, 1.54) is 12.1 Å². The van der Waals surface area contributed by atoms with Gasteiger partial charge in [0.1, 0.15) is 17.5 Å². The lowest BCUT2D eigenvalue weighted by molar-refractivity contribution is -0.107. The fourth-order valence-electron chi connectivity index (χ4n) is 2.27. The van der Waals surface area contributed by atoms with Gasteiger partial charge in [0.05, 0.1) is 0 Å². The summed E-state index contributed by atoms with van der Waals surface area (Å²) >= 11 is 5.96. The van der Waals surface area contributed by atoms with Crippen LogP contribution in [-0.4, -0.2) is 11.3 Å². The van der Waals surface area contributed by atoms with E-state index in [0.717, 1.165) is 27.6 Å². The molecule has 3 aromatic rings. The van der Waals surface area contributed by atoms with Gasteiger partial charge in [-0.1, -0.05) is 24.3 Å². The number of rotatable bonds is 3. The highest BCUT2D eigenvalue weighted by Crippen LogP contribution is 2.30. The van der Waals surface area contributed by atoms with Crippen LogP contribution in [-0.2, 0) is 4.79 Å². The van der Waals surface area contributed by atoms with E-state index in [-0.39, 0.29) is 5.82 Å². The standard InChI is InChI=1S/C16H11ClFNO/c17-15(9-20)14-8-19-16-7-11(3-6-13(14)16)10-1-4-12(18)5-2-10/h1-9,15,19H. The number of carbonyl (C=O) groups excluding carboxylic acids is 1. The number of alkyl halides is 1. The number of halogens is 2. The van der Waals surface area contributed by atoms with Gasteiger partial charge in [-0.15, -0.1) is 11.6 Å². The molecule has 3 rings (SSSR count). The van der Waals surface area contributed by atoms with Crippen molar-refractivity contribution in [2.75, 3.05) is 0 Å². The summed E-state index contributed by atoms with van der Waals surface area (Å²) < 4.78 is 12.9. The van der Waals surface area contributed by atoms with Gasteiger partial charge in [-0.2, -0.15) is 0 Å². The predicted molar refractivity (Wildman–Crippen MR) is 78.4 cm³/mol. The smallest absolute Gasteiger partial charge is 0.142 e. The molecule has 20 heavy (non-hydrogen) atoms. The molecule has 0 aliphatic rings. The van der Waals surface area contributed by atoms with Crippen molar-refractivity contribution >= 4 is 28.8 Å². The Kier molecular flexibility index (Phi) is 3.28. The Hall–Kier alpha value is -2.13. The van der Waals surface area contributed by atoms with Gasteiger partial charge < -0.3 is 9.78 Å². The fourth-order valence-corrected chi connectivity index (χ4v) is 2.45. The predicted octanol–water partition coefficient (Wildman–Crippen LogP) is 4.45. The number of H-pyrrole nitrogens is 1. The van der Waals surface area contributed by atoms with Crippen molar-refractivity contribution in [1.82, 2.24) is 4.98 Å². The van der Waals surface area contributed by atoms with E-state index in [0.29, 0.717) is 6.29 Å². The highest BCUT2D eigenvalue weighted by Gasteiger charge is 2.12. The van der Waals surface area contributed by atoms with Crippen molar-refractivity contribution in [2.45, 2.75) is 5.38 Å². The van der Waals surface area contributed by atoms with E-state index >= 15 is 0 Å². The van der Waals surface area contributed by atoms with Crippen LogP contribution in [0, 0.1) is 5.82 Å². The van der Waals surface area contributed by atoms with Gasteiger partial charge in [0.25, 0.3) is 0 Å². The number of hydrogen-bond donors (Lipinski definition) is 1. The van der Waals surface area contributed by atoms with E-state index < -0.39 is 5.38 Å². The van der Waals surface area contributed by atoms with Gasteiger partial charge in [0.2, 0.25) is 0 Å². The second-order valence-corrected chi connectivity index (χ2v) is 5.02. The first-order valence-corrected chi connectivity index (χ1v) is 6.59. The molecule has 1 N–H and O–H groups in total. The molecule has 0 radical (unpaired) electrons. The van der Waals surface area contributed by atoms with Crippen LogP contribution in [0.25, 0.3) is 22.0 Å². The van der Waals surface area contributed by atoms with Crippen LogP contribution in [0.15, 0.2) is 48.7 Å². The third kappa shape index (κ3) is 2.21. The van der Waals surface area contributed by atoms with Crippen LogP contribution >= 0.6 is 11.6 Å². The molecular formula is C16H11ClFNO. The Balaban J connectivity index is 2.08. The first-order chi connectivity index (χ1) is 9.69. The Morgan fingerprint density at radius 1 is 1.10 bits per heavy atom. The second-order valence-electron chi connectivity index (χ2n) is 4.55. The van der Waals surface area contributed by atoms with Crippen LogP contribution in [0.2, 0.25) is 0 Å². The van der Waals surface area contributed by atoms with Gasteiger partial charge in [-0.05, 0) is 29.3 Å². The molecule has 2 aromatic carbocycles. The monoisotopic (exact) mass is 287 g/mol. The molecule has 1 atom stereocenters. The second kappa shape index (κ2) is 5.10. The zero-order chi connectivity index (χ0) is 14.1. The number of benzene rings is 2. The molecule has 1 unspecified atom stereocenters. The largest absolute Gasteiger partial charge is 0.361 e. The van der Waals surface area contributed by atoms with Crippen molar-refractivity contribution in [2.24, 2.45) is 0 Å². The molecule has 100 valence electrons. The number of carbonyl (C=O) groups is 1. The lowest BCUT2D eigenvalue weighted by Crippen LogP contribution is -1.88. The highest BCUT2D eigenvalue weighted by atomic mass is 35.5. The van der Waals surface area contributed by atoms with E-state index in [9.17, 15) is 9.18 Å². The van der Waals surface area contributed by atoms with Gasteiger partial charge in [0, 0.05) is 22.7 Å². The maximum absolute atomic E-state index is 12.9. The molecule has 2 nitrogen and oxygen atoms in total. The minimum atomic E-state index is -0.652. The number of fused-ring (bicyclic) bond motifs is 1. The van der Waals surface area contributed by atoms with Crippen molar-refractivity contribution < 1.29 is 9.18 Å². The van der Waals surface area contributed by atoms with E-state index in [1.807, 2.05) is 18.2 Å². The maximum Gasteiger partial charge on any atom is 0.142 e. The van der Waals surface area contributed by atoms with Crippen LogP contribution < -0.4 is 0 Å². The Labute approximate surface area is 120 Å². The first-order valence-electron chi connectivity index (χ1n) is 6.15. The van der Waals surface area contributed by atoms with Gasteiger partial charge >= 0.3 is 0 Å². The van der Waals surface area contributed by atoms with Gasteiger partial charge in [-0.25, -0.2) is 4.39 Å². The lowest BCUT2D eigenvalue weighted by atomic mass is 10.0. The number of aromatic amines is 1. The molecule has 1 aromatic heterocycles. The lowest BCUT2D eigenvalue weighted by Gasteiger charge is -2.03. The van der Waals surface area contributed by atoms with Gasteiger partial charge in [0.15, 0.2) is 0 Å². The number of hydrogen-bond acceptors (Lipinski definition) is 1. The molecule has 0 amide bonds. The van der Waals surface area contributed by atoms with Crippen LogP contribution in [0.5, 0.6) is 0 Å². The molecule has 0 saturated heterocycles. The third-order valence-electron chi connectivity index (χ3n) is 3.31. The molecule has 0 aliphatic heterocycles. The summed E-state index contributed by atoms with van der Waals surface area (Å²) in [5, 5.41) is 0.267. The average molecular weight is 288 g/mol. The van der Waals surface area contributed by atoms with Crippen LogP contribution in [0.4, 0.5) is 4.39 Å². The molecule has 0 bridgehead atoms. The zero-order valence-corrected chi connectivity index (χ0v) is 11.2. The van der Waals surface area contributed by atoms with Crippen molar-refractivity contribution in [3.05, 3.63) is 60.0 Å². The summed E-state index contributed by atoms with van der Waals surface area (Å²) in [5.74, 6) is -0.257. The SMILES string of the molecule is O=CC(Cl)c1c[nH]c2cc(-c3ccc(F)cc3)ccc12. The molecule has 0 aliphatic carbocycles. The highest BCUT2D eigenvalue weighted by molar-refractivity contribution is 6.28. The van der Waals surface area contributed by atoms with Crippen LogP contribution in [0.3, 0.4) is 0 Å². The molecule has 0 spiro atoms. The molecule has 0 saturated carbocycles. The van der Waals surface area contributed by atoms with Crippen LogP contribution in [0.1, 0.15) is 10.9 Å². The first kappa shape index (κ1) is 12.9. The summed E-state index contributed by atoms with van der Waals surface area (Å²) in [6.45, 7) is 0. The Bertz CT molecular complexity index is 764. The Morgan fingerprint density at radius 2 is 1.80 bits per heavy atom. The third-order valence-corrected chi connectivity index (χ3v) is 3.65. The minimum Gasteiger partial charge on any atom is -0.361 e. The van der Waals surface area contributed by atoms with E-state index in [4.69, 9.17) is 11.6 Å².